The molecule has 21 heavy (non-hydrogen) atoms. The van der Waals surface area contributed by atoms with Crippen LogP contribution in [0.15, 0.2) is 36.4 Å². The normalized spacial score (nSPS) is 9.95. The molecule has 0 unspecified atom stereocenters. The van der Waals surface area contributed by atoms with E-state index in [-0.39, 0.29) is 22.4 Å². The Morgan fingerprint density at radius 2 is 2.05 bits per heavy atom. The average molecular weight is 288 g/mol. The van der Waals surface area contributed by atoms with Gasteiger partial charge in [0.05, 0.1) is 11.1 Å². The summed E-state index contributed by atoms with van der Waals surface area (Å²) in [5.41, 5.74) is 5.15. The van der Waals surface area contributed by atoms with E-state index in [1.807, 2.05) is 0 Å². The second-order valence-corrected chi connectivity index (χ2v) is 4.21. The molecule has 2 rings (SSSR count). The quantitative estimate of drug-likeness (QED) is 0.696. The van der Waals surface area contributed by atoms with Crippen LogP contribution in [0.1, 0.15) is 21.5 Å². The number of carbonyl (C=O) groups excluding carboxylic acids is 1. The molecule has 0 saturated carbocycles. The van der Waals surface area contributed by atoms with E-state index in [2.05, 4.69) is 0 Å². The van der Waals surface area contributed by atoms with Gasteiger partial charge in [-0.15, -0.1) is 0 Å². The lowest BCUT2D eigenvalue weighted by atomic mass is 10.1. The van der Waals surface area contributed by atoms with Gasteiger partial charge in [-0.2, -0.15) is 5.26 Å². The number of esters is 1. The van der Waals surface area contributed by atoms with Gasteiger partial charge in [-0.25, -0.2) is 13.6 Å². The molecule has 0 spiro atoms. The van der Waals surface area contributed by atoms with Crippen molar-refractivity contribution in [2.24, 2.45) is 0 Å². The van der Waals surface area contributed by atoms with Crippen LogP contribution in [-0.4, -0.2) is 5.97 Å². The lowest BCUT2D eigenvalue weighted by Crippen LogP contribution is -2.09. The first-order chi connectivity index (χ1) is 10.0. The first-order valence-electron chi connectivity index (χ1n) is 5.92. The van der Waals surface area contributed by atoms with Gasteiger partial charge in [0, 0.05) is 11.3 Å². The highest BCUT2D eigenvalue weighted by molar-refractivity contribution is 5.90. The largest absolute Gasteiger partial charge is 0.457 e. The Bertz CT molecular complexity index is 739. The summed E-state index contributed by atoms with van der Waals surface area (Å²) in [7, 11) is 0. The number of nitrogens with two attached hydrogens (primary N) is 1. The van der Waals surface area contributed by atoms with Crippen molar-refractivity contribution < 1.29 is 18.3 Å². The summed E-state index contributed by atoms with van der Waals surface area (Å²) in [5, 5.41) is 8.70. The first-order valence-corrected chi connectivity index (χ1v) is 5.92. The molecule has 0 bridgehead atoms. The molecule has 6 heteroatoms. The number of halogens is 2. The number of nitrogens with zero attached hydrogens (tertiary/aromatic N) is 1. The van der Waals surface area contributed by atoms with Crippen LogP contribution in [0.3, 0.4) is 0 Å². The van der Waals surface area contributed by atoms with Gasteiger partial charge in [-0.05, 0) is 24.3 Å². The Labute approximate surface area is 119 Å². The summed E-state index contributed by atoms with van der Waals surface area (Å²) < 4.78 is 32.1. The van der Waals surface area contributed by atoms with Crippen LogP contribution >= 0.6 is 0 Å². The first kappa shape index (κ1) is 14.5. The fourth-order valence-electron chi connectivity index (χ4n) is 1.70. The van der Waals surface area contributed by atoms with Gasteiger partial charge < -0.3 is 10.5 Å². The predicted molar refractivity (Wildman–Crippen MR) is 71.0 cm³/mol. The van der Waals surface area contributed by atoms with E-state index in [1.54, 1.807) is 6.07 Å². The lowest BCUT2D eigenvalue weighted by Gasteiger charge is -2.07. The molecular formula is C15H10F2N2O2. The molecule has 0 aliphatic rings. The molecule has 0 radical (unpaired) electrons. The van der Waals surface area contributed by atoms with E-state index < -0.39 is 24.2 Å². The van der Waals surface area contributed by atoms with Gasteiger partial charge in [0.15, 0.2) is 0 Å². The van der Waals surface area contributed by atoms with Gasteiger partial charge in [0.25, 0.3) is 0 Å². The molecule has 2 N–H and O–H groups in total. The van der Waals surface area contributed by atoms with Crippen LogP contribution in [0.25, 0.3) is 0 Å². The average Bonchev–Trinajstić information content (AvgIpc) is 2.46. The van der Waals surface area contributed by atoms with Crippen LogP contribution in [0.5, 0.6) is 0 Å². The molecule has 0 fully saturated rings. The molecule has 0 atom stereocenters. The number of hydrogen-bond donors (Lipinski definition) is 1. The Morgan fingerprint density at radius 3 is 2.71 bits per heavy atom. The summed E-state index contributed by atoms with van der Waals surface area (Å²) in [6, 6.07) is 9.37. The van der Waals surface area contributed by atoms with Crippen molar-refractivity contribution in [3.05, 3.63) is 64.7 Å². The molecule has 0 heterocycles. The monoisotopic (exact) mass is 288 g/mol. The van der Waals surface area contributed by atoms with Crippen LogP contribution in [0.4, 0.5) is 14.5 Å². The topological polar surface area (TPSA) is 76.1 Å². The van der Waals surface area contributed by atoms with Gasteiger partial charge >= 0.3 is 5.97 Å². The van der Waals surface area contributed by atoms with Gasteiger partial charge in [-0.1, -0.05) is 12.1 Å². The molecule has 0 saturated heterocycles. The number of benzene rings is 2. The zero-order valence-electron chi connectivity index (χ0n) is 10.8. The molecule has 0 aliphatic heterocycles. The van der Waals surface area contributed by atoms with E-state index >= 15 is 0 Å². The number of hydrogen-bond acceptors (Lipinski definition) is 4. The Balaban J connectivity index is 2.13. The minimum Gasteiger partial charge on any atom is -0.457 e. The third-order valence-corrected chi connectivity index (χ3v) is 2.77. The van der Waals surface area contributed by atoms with E-state index in [0.717, 1.165) is 6.07 Å². The molecule has 0 aromatic heterocycles. The molecule has 0 amide bonds. The van der Waals surface area contributed by atoms with Crippen molar-refractivity contribution in [3.8, 4) is 6.07 Å². The van der Waals surface area contributed by atoms with Crippen LogP contribution in [0.2, 0.25) is 0 Å². The second kappa shape index (κ2) is 6.01. The van der Waals surface area contributed by atoms with Crippen LogP contribution in [-0.2, 0) is 11.3 Å². The standard InChI is InChI=1S/C15H10F2N2O2/c16-13-6-11(19)4-5-12(13)15(20)21-8-10-3-1-2-9(7-18)14(10)17/h1-6H,8,19H2. The molecule has 0 aliphatic carbocycles. The maximum absolute atomic E-state index is 13.8. The molecule has 2 aromatic carbocycles. The third kappa shape index (κ3) is 3.15. The molecule has 106 valence electrons. The van der Waals surface area contributed by atoms with Crippen molar-refractivity contribution in [2.45, 2.75) is 6.61 Å². The van der Waals surface area contributed by atoms with Gasteiger partial charge in [0.2, 0.25) is 0 Å². The Kier molecular flexibility index (Phi) is 4.14. The highest BCUT2D eigenvalue weighted by atomic mass is 19.1. The third-order valence-electron chi connectivity index (χ3n) is 2.77. The van der Waals surface area contributed by atoms with Gasteiger partial charge in [0.1, 0.15) is 24.3 Å². The zero-order chi connectivity index (χ0) is 15.4. The smallest absolute Gasteiger partial charge is 0.341 e. The summed E-state index contributed by atoms with van der Waals surface area (Å²) in [6.07, 6.45) is 0. The van der Waals surface area contributed by atoms with E-state index in [9.17, 15) is 13.6 Å². The van der Waals surface area contributed by atoms with E-state index in [4.69, 9.17) is 15.7 Å². The minimum absolute atomic E-state index is 0.0400. The zero-order valence-corrected chi connectivity index (χ0v) is 10.8. The Hall–Kier alpha value is -2.94. The van der Waals surface area contributed by atoms with Crippen molar-refractivity contribution in [2.75, 3.05) is 5.73 Å². The van der Waals surface area contributed by atoms with Crippen molar-refractivity contribution >= 4 is 11.7 Å². The van der Waals surface area contributed by atoms with Crippen LogP contribution in [0, 0.1) is 23.0 Å². The fraction of sp³-hybridized carbons (Fsp3) is 0.0667. The van der Waals surface area contributed by atoms with Gasteiger partial charge in [-0.3, -0.25) is 0 Å². The summed E-state index contributed by atoms with van der Waals surface area (Å²) >= 11 is 0. The molecule has 2 aromatic rings. The van der Waals surface area contributed by atoms with Crippen LogP contribution < -0.4 is 5.73 Å². The Morgan fingerprint density at radius 1 is 1.29 bits per heavy atom. The second-order valence-electron chi connectivity index (χ2n) is 4.21. The lowest BCUT2D eigenvalue weighted by molar-refractivity contribution is 0.0463. The summed E-state index contributed by atoms with van der Waals surface area (Å²) in [6.45, 7) is -0.399. The SMILES string of the molecule is N#Cc1cccc(COC(=O)c2ccc(N)cc2F)c1F. The maximum atomic E-state index is 13.8. The van der Waals surface area contributed by atoms with Crippen molar-refractivity contribution in [1.82, 2.24) is 0 Å². The van der Waals surface area contributed by atoms with E-state index in [1.165, 1.54) is 30.3 Å². The predicted octanol–water partition coefficient (Wildman–Crippen LogP) is 2.78. The number of rotatable bonds is 3. The number of nitrogen functional groups attached to an aromatic ring is 1. The minimum atomic E-state index is -0.936. The molecular weight excluding hydrogens is 278 g/mol. The van der Waals surface area contributed by atoms with Crippen molar-refractivity contribution in [1.29, 1.82) is 5.26 Å². The number of ether oxygens (including phenoxy) is 1. The van der Waals surface area contributed by atoms with Crippen molar-refractivity contribution in [3.63, 3.8) is 0 Å². The fourth-order valence-corrected chi connectivity index (χ4v) is 1.70. The maximum Gasteiger partial charge on any atom is 0.341 e. The number of carbonyl (C=O) groups is 1. The highest BCUT2D eigenvalue weighted by Gasteiger charge is 2.15. The molecule has 4 nitrogen and oxygen atoms in total. The number of nitriles is 1. The summed E-state index contributed by atoms with van der Waals surface area (Å²) in [5.74, 6) is -2.51. The highest BCUT2D eigenvalue weighted by Crippen LogP contribution is 2.16. The van der Waals surface area contributed by atoms with E-state index in [0.29, 0.717) is 0 Å². The number of anilines is 1. The summed E-state index contributed by atoms with van der Waals surface area (Å²) in [4.78, 5) is 11.7.